The van der Waals surface area contributed by atoms with Crippen molar-refractivity contribution in [3.05, 3.63) is 33.9 Å². The lowest BCUT2D eigenvalue weighted by Crippen LogP contribution is -2.00. The minimum Gasteiger partial charge on any atom is -0.398 e. The molecule has 0 atom stereocenters. The van der Waals surface area contributed by atoms with Crippen molar-refractivity contribution in [2.45, 2.75) is 29.8 Å². The van der Waals surface area contributed by atoms with Crippen LogP contribution in [0.4, 0.5) is 11.4 Å². The van der Waals surface area contributed by atoms with E-state index in [4.69, 9.17) is 5.73 Å². The Hall–Kier alpha value is -2.16. The van der Waals surface area contributed by atoms with Crippen molar-refractivity contribution < 1.29 is 4.92 Å². The van der Waals surface area contributed by atoms with Crippen molar-refractivity contribution in [3.63, 3.8) is 0 Å². The van der Waals surface area contributed by atoms with Crippen LogP contribution in [0, 0.1) is 10.1 Å². The standard InChI is InChI=1S/C11H12N6O2S/c12-10-4-3-9(17(18)19)5-7(10)6-20-11-13-14-15-16(11)8-1-2-8/h3-5,8H,1-2,6,12H2. The normalized spacial score (nSPS) is 14.4. The third kappa shape index (κ3) is 2.57. The number of aromatic nitrogens is 4. The number of tetrazole rings is 1. The van der Waals surface area contributed by atoms with E-state index >= 15 is 0 Å². The van der Waals surface area contributed by atoms with Crippen molar-refractivity contribution in [2.75, 3.05) is 5.73 Å². The van der Waals surface area contributed by atoms with Crippen LogP contribution in [0.2, 0.25) is 0 Å². The molecular formula is C11H12N6O2S. The summed E-state index contributed by atoms with van der Waals surface area (Å²) in [4.78, 5) is 10.3. The Morgan fingerprint density at radius 1 is 1.50 bits per heavy atom. The van der Waals surface area contributed by atoms with E-state index < -0.39 is 4.92 Å². The van der Waals surface area contributed by atoms with Gasteiger partial charge in [0.2, 0.25) is 5.16 Å². The third-order valence-electron chi connectivity index (χ3n) is 3.05. The summed E-state index contributed by atoms with van der Waals surface area (Å²) >= 11 is 1.43. The zero-order valence-corrected chi connectivity index (χ0v) is 11.3. The summed E-state index contributed by atoms with van der Waals surface area (Å²) in [5.41, 5.74) is 7.14. The van der Waals surface area contributed by atoms with E-state index in [0.717, 1.165) is 23.6 Å². The average molecular weight is 292 g/mol. The van der Waals surface area contributed by atoms with Crippen molar-refractivity contribution in [1.29, 1.82) is 0 Å². The number of nitrogens with two attached hydrogens (primary N) is 1. The molecule has 1 saturated carbocycles. The second-order valence-corrected chi connectivity index (χ2v) is 5.51. The molecule has 1 heterocycles. The maximum atomic E-state index is 10.8. The minimum absolute atomic E-state index is 0.0385. The molecule has 0 aliphatic heterocycles. The average Bonchev–Trinajstić information content (AvgIpc) is 3.17. The van der Waals surface area contributed by atoms with Gasteiger partial charge < -0.3 is 5.73 Å². The van der Waals surface area contributed by atoms with Crippen LogP contribution in [0.25, 0.3) is 0 Å². The SMILES string of the molecule is Nc1ccc([N+](=O)[O-])cc1CSc1nnnn1C1CC1. The number of nitrogens with zero attached hydrogens (tertiary/aromatic N) is 5. The highest BCUT2D eigenvalue weighted by Crippen LogP contribution is 2.37. The van der Waals surface area contributed by atoms with Crippen molar-refractivity contribution in [3.8, 4) is 0 Å². The summed E-state index contributed by atoms with van der Waals surface area (Å²) in [5.74, 6) is 0.501. The topological polar surface area (TPSA) is 113 Å². The second-order valence-electron chi connectivity index (χ2n) is 4.57. The summed E-state index contributed by atoms with van der Waals surface area (Å²) in [6, 6.07) is 4.85. The molecule has 1 aliphatic rings. The highest BCUT2D eigenvalue weighted by atomic mass is 32.2. The first kappa shape index (κ1) is 12.9. The number of nitro groups is 1. The molecule has 0 radical (unpaired) electrons. The highest BCUT2D eigenvalue weighted by Gasteiger charge is 2.27. The number of non-ortho nitro benzene ring substituents is 1. The van der Waals surface area contributed by atoms with Crippen LogP contribution >= 0.6 is 11.8 Å². The molecule has 20 heavy (non-hydrogen) atoms. The summed E-state index contributed by atoms with van der Waals surface area (Å²) in [5, 5.41) is 23.1. The van der Waals surface area contributed by atoms with E-state index in [0.29, 0.717) is 17.5 Å². The summed E-state index contributed by atoms with van der Waals surface area (Å²) in [6.07, 6.45) is 2.19. The summed E-state index contributed by atoms with van der Waals surface area (Å²) in [7, 11) is 0. The molecule has 2 N–H and O–H groups in total. The maximum Gasteiger partial charge on any atom is 0.269 e. The Morgan fingerprint density at radius 3 is 3.00 bits per heavy atom. The van der Waals surface area contributed by atoms with Crippen molar-refractivity contribution in [1.82, 2.24) is 20.2 Å². The quantitative estimate of drug-likeness (QED) is 0.387. The molecule has 1 aromatic heterocycles. The Balaban J connectivity index is 1.75. The van der Waals surface area contributed by atoms with Crippen LogP contribution in [0.3, 0.4) is 0 Å². The van der Waals surface area contributed by atoms with Gasteiger partial charge in [-0.1, -0.05) is 11.8 Å². The van der Waals surface area contributed by atoms with Gasteiger partial charge in [-0.2, -0.15) is 0 Å². The molecule has 1 fully saturated rings. The number of benzene rings is 1. The zero-order valence-electron chi connectivity index (χ0n) is 10.5. The van der Waals surface area contributed by atoms with Crippen LogP contribution in [-0.2, 0) is 5.75 Å². The van der Waals surface area contributed by atoms with E-state index in [2.05, 4.69) is 15.5 Å². The number of hydrogen-bond donors (Lipinski definition) is 1. The van der Waals surface area contributed by atoms with Crippen LogP contribution in [-0.4, -0.2) is 25.1 Å². The molecular weight excluding hydrogens is 280 g/mol. The first-order chi connectivity index (χ1) is 9.65. The van der Waals surface area contributed by atoms with Gasteiger partial charge in [0.05, 0.1) is 11.0 Å². The molecule has 9 heteroatoms. The largest absolute Gasteiger partial charge is 0.398 e. The first-order valence-corrected chi connectivity index (χ1v) is 7.07. The van der Waals surface area contributed by atoms with E-state index in [1.807, 2.05) is 0 Å². The fourth-order valence-corrected chi connectivity index (χ4v) is 2.75. The Morgan fingerprint density at radius 2 is 2.30 bits per heavy atom. The van der Waals surface area contributed by atoms with Crippen molar-refractivity contribution in [2.24, 2.45) is 0 Å². The molecule has 0 unspecified atom stereocenters. The van der Waals surface area contributed by atoms with Crippen LogP contribution in [0.1, 0.15) is 24.4 Å². The number of nitrogen functional groups attached to an aromatic ring is 1. The van der Waals surface area contributed by atoms with Crippen LogP contribution in [0.5, 0.6) is 0 Å². The van der Waals surface area contributed by atoms with E-state index in [9.17, 15) is 10.1 Å². The van der Waals surface area contributed by atoms with Gasteiger partial charge in [0.25, 0.3) is 5.69 Å². The second kappa shape index (κ2) is 5.08. The Bertz CT molecular complexity index is 654. The number of nitro benzene ring substituents is 1. The lowest BCUT2D eigenvalue weighted by atomic mass is 10.2. The van der Waals surface area contributed by atoms with Gasteiger partial charge in [-0.25, -0.2) is 4.68 Å². The van der Waals surface area contributed by atoms with Gasteiger partial charge in [0, 0.05) is 23.6 Å². The molecule has 0 spiro atoms. The smallest absolute Gasteiger partial charge is 0.269 e. The van der Waals surface area contributed by atoms with Crippen molar-refractivity contribution >= 4 is 23.1 Å². The number of rotatable bonds is 5. The van der Waals surface area contributed by atoms with Gasteiger partial charge in [0.15, 0.2) is 0 Å². The van der Waals surface area contributed by atoms with E-state index in [1.54, 1.807) is 10.7 Å². The zero-order chi connectivity index (χ0) is 14.1. The molecule has 1 aromatic carbocycles. The van der Waals surface area contributed by atoms with E-state index in [1.165, 1.54) is 23.9 Å². The fraction of sp³-hybridized carbons (Fsp3) is 0.364. The number of hydrogen-bond acceptors (Lipinski definition) is 7. The van der Waals surface area contributed by atoms with Gasteiger partial charge in [-0.15, -0.1) is 5.10 Å². The third-order valence-corrected chi connectivity index (χ3v) is 4.03. The van der Waals surface area contributed by atoms with Crippen LogP contribution < -0.4 is 5.73 Å². The van der Waals surface area contributed by atoms with Gasteiger partial charge >= 0.3 is 0 Å². The highest BCUT2D eigenvalue weighted by molar-refractivity contribution is 7.98. The lowest BCUT2D eigenvalue weighted by molar-refractivity contribution is -0.384. The van der Waals surface area contributed by atoms with Gasteiger partial charge in [0.1, 0.15) is 0 Å². The first-order valence-electron chi connectivity index (χ1n) is 6.08. The predicted octanol–water partition coefficient (Wildman–Crippen LogP) is 1.79. The molecule has 3 rings (SSSR count). The minimum atomic E-state index is -0.429. The molecule has 0 bridgehead atoms. The molecule has 2 aromatic rings. The molecule has 0 amide bonds. The predicted molar refractivity (Wildman–Crippen MR) is 73.2 cm³/mol. The Labute approximate surface area is 118 Å². The Kier molecular flexibility index (Phi) is 3.26. The molecule has 8 nitrogen and oxygen atoms in total. The van der Waals surface area contributed by atoms with E-state index in [-0.39, 0.29) is 5.69 Å². The molecule has 104 valence electrons. The summed E-state index contributed by atoms with van der Waals surface area (Å²) in [6.45, 7) is 0. The fourth-order valence-electron chi connectivity index (χ4n) is 1.80. The van der Waals surface area contributed by atoms with Gasteiger partial charge in [-0.05, 0) is 34.9 Å². The molecule has 1 aliphatic carbocycles. The number of anilines is 1. The number of thioether (sulfide) groups is 1. The monoisotopic (exact) mass is 292 g/mol. The van der Waals surface area contributed by atoms with Crippen LogP contribution in [0.15, 0.2) is 23.4 Å². The molecule has 0 saturated heterocycles. The summed E-state index contributed by atoms with van der Waals surface area (Å²) < 4.78 is 1.80. The maximum absolute atomic E-state index is 10.8. The lowest BCUT2D eigenvalue weighted by Gasteiger charge is -2.05. The van der Waals surface area contributed by atoms with Gasteiger partial charge in [-0.3, -0.25) is 10.1 Å².